The minimum absolute atomic E-state index is 0.0555. The van der Waals surface area contributed by atoms with Gasteiger partial charge in [0.15, 0.2) is 0 Å². The number of methoxy groups -OCH3 is 1. The SMILES string of the molecule is COC[C@](C)(NC(=O)[C@@H](C)CN1CCOCC1)c1ccccc1. The molecule has 1 aromatic rings. The first-order chi connectivity index (χ1) is 11.0. The van der Waals surface area contributed by atoms with Gasteiger partial charge in [0, 0.05) is 32.7 Å². The van der Waals surface area contributed by atoms with Gasteiger partial charge in [-0.05, 0) is 12.5 Å². The fourth-order valence-corrected chi connectivity index (χ4v) is 2.94. The van der Waals surface area contributed by atoms with Gasteiger partial charge >= 0.3 is 0 Å². The maximum absolute atomic E-state index is 12.7. The summed E-state index contributed by atoms with van der Waals surface area (Å²) in [5.74, 6) is -0.0205. The molecule has 1 fully saturated rings. The van der Waals surface area contributed by atoms with E-state index < -0.39 is 5.54 Å². The van der Waals surface area contributed by atoms with Gasteiger partial charge < -0.3 is 14.8 Å². The van der Waals surface area contributed by atoms with Gasteiger partial charge in [0.25, 0.3) is 0 Å². The largest absolute Gasteiger partial charge is 0.382 e. The average molecular weight is 320 g/mol. The molecule has 1 aliphatic rings. The van der Waals surface area contributed by atoms with E-state index in [-0.39, 0.29) is 11.8 Å². The van der Waals surface area contributed by atoms with Gasteiger partial charge in [-0.1, -0.05) is 37.3 Å². The first kappa shape index (κ1) is 17.9. The van der Waals surface area contributed by atoms with Crippen LogP contribution in [0.1, 0.15) is 19.4 Å². The number of hydrogen-bond donors (Lipinski definition) is 1. The molecule has 0 saturated carbocycles. The lowest BCUT2D eigenvalue weighted by molar-refractivity contribution is -0.128. The van der Waals surface area contributed by atoms with Crippen LogP contribution in [0.2, 0.25) is 0 Å². The van der Waals surface area contributed by atoms with Gasteiger partial charge in [-0.3, -0.25) is 9.69 Å². The minimum atomic E-state index is -0.521. The van der Waals surface area contributed by atoms with Crippen LogP contribution in [0.4, 0.5) is 0 Å². The molecule has 0 spiro atoms. The zero-order chi connectivity index (χ0) is 16.7. The van der Waals surface area contributed by atoms with Crippen LogP contribution in [0.15, 0.2) is 30.3 Å². The number of carbonyl (C=O) groups excluding carboxylic acids is 1. The molecule has 1 aliphatic heterocycles. The van der Waals surface area contributed by atoms with Gasteiger partial charge in [-0.2, -0.15) is 0 Å². The minimum Gasteiger partial charge on any atom is -0.382 e. The van der Waals surface area contributed by atoms with Crippen LogP contribution in [-0.2, 0) is 19.8 Å². The quantitative estimate of drug-likeness (QED) is 0.830. The third kappa shape index (κ3) is 5.03. The highest BCUT2D eigenvalue weighted by atomic mass is 16.5. The number of rotatable bonds is 7. The van der Waals surface area contributed by atoms with Crippen molar-refractivity contribution in [2.24, 2.45) is 5.92 Å². The van der Waals surface area contributed by atoms with E-state index in [1.54, 1.807) is 7.11 Å². The predicted octanol–water partition coefficient (Wildman–Crippen LogP) is 1.63. The van der Waals surface area contributed by atoms with Crippen LogP contribution in [-0.4, -0.2) is 57.4 Å². The highest BCUT2D eigenvalue weighted by molar-refractivity contribution is 5.79. The Morgan fingerprint density at radius 2 is 2.00 bits per heavy atom. The second-order valence-corrected chi connectivity index (χ2v) is 6.43. The van der Waals surface area contributed by atoms with Crippen molar-refractivity contribution in [1.82, 2.24) is 10.2 Å². The molecule has 5 heteroatoms. The first-order valence-electron chi connectivity index (χ1n) is 8.22. The summed E-state index contributed by atoms with van der Waals surface area (Å²) >= 11 is 0. The molecule has 1 N–H and O–H groups in total. The third-order valence-corrected chi connectivity index (χ3v) is 4.33. The summed E-state index contributed by atoms with van der Waals surface area (Å²) in [6.45, 7) is 8.46. The Morgan fingerprint density at radius 1 is 1.35 bits per heavy atom. The Morgan fingerprint density at radius 3 is 2.61 bits per heavy atom. The molecule has 1 amide bonds. The zero-order valence-corrected chi connectivity index (χ0v) is 14.4. The van der Waals surface area contributed by atoms with Crippen molar-refractivity contribution in [3.05, 3.63) is 35.9 Å². The third-order valence-electron chi connectivity index (χ3n) is 4.33. The van der Waals surface area contributed by atoms with E-state index in [9.17, 15) is 4.79 Å². The van der Waals surface area contributed by atoms with E-state index in [0.717, 1.165) is 38.4 Å². The predicted molar refractivity (Wildman–Crippen MR) is 90.2 cm³/mol. The number of ether oxygens (including phenoxy) is 2. The van der Waals surface area contributed by atoms with E-state index in [4.69, 9.17) is 9.47 Å². The van der Waals surface area contributed by atoms with E-state index in [1.165, 1.54) is 0 Å². The maximum atomic E-state index is 12.7. The Hall–Kier alpha value is -1.43. The van der Waals surface area contributed by atoms with Crippen molar-refractivity contribution >= 4 is 5.91 Å². The molecular weight excluding hydrogens is 292 g/mol. The normalized spacial score (nSPS) is 19.8. The number of hydrogen-bond acceptors (Lipinski definition) is 4. The van der Waals surface area contributed by atoms with Gasteiger partial charge in [-0.25, -0.2) is 0 Å². The molecule has 1 saturated heterocycles. The lowest BCUT2D eigenvalue weighted by atomic mass is 9.92. The molecule has 5 nitrogen and oxygen atoms in total. The van der Waals surface area contributed by atoms with E-state index >= 15 is 0 Å². The molecule has 128 valence electrons. The topological polar surface area (TPSA) is 50.8 Å². The van der Waals surface area contributed by atoms with E-state index in [2.05, 4.69) is 10.2 Å². The smallest absolute Gasteiger partial charge is 0.224 e. The van der Waals surface area contributed by atoms with Crippen LogP contribution in [0, 0.1) is 5.92 Å². The summed E-state index contributed by atoms with van der Waals surface area (Å²) in [5, 5.41) is 3.18. The van der Waals surface area contributed by atoms with Gasteiger partial charge in [0.05, 0.1) is 25.4 Å². The molecule has 2 rings (SSSR count). The molecule has 1 heterocycles. The van der Waals surface area contributed by atoms with Crippen LogP contribution in [0.5, 0.6) is 0 Å². The van der Waals surface area contributed by atoms with Crippen molar-refractivity contribution in [2.45, 2.75) is 19.4 Å². The molecule has 0 radical (unpaired) electrons. The maximum Gasteiger partial charge on any atom is 0.224 e. The Balaban J connectivity index is 1.99. The number of carbonyl (C=O) groups is 1. The Bertz CT molecular complexity index is 488. The second-order valence-electron chi connectivity index (χ2n) is 6.43. The van der Waals surface area contributed by atoms with Crippen molar-refractivity contribution in [3.63, 3.8) is 0 Å². The first-order valence-corrected chi connectivity index (χ1v) is 8.22. The molecule has 0 unspecified atom stereocenters. The molecule has 0 aliphatic carbocycles. The highest BCUT2D eigenvalue weighted by Gasteiger charge is 2.30. The zero-order valence-electron chi connectivity index (χ0n) is 14.4. The standard InChI is InChI=1S/C18H28N2O3/c1-15(13-20-9-11-23-12-10-20)17(21)19-18(2,14-22-3)16-7-5-4-6-8-16/h4-8,15H,9-14H2,1-3H3,(H,19,21)/t15-,18-/m0/s1. The molecule has 23 heavy (non-hydrogen) atoms. The molecular formula is C18H28N2O3. The number of nitrogens with zero attached hydrogens (tertiary/aromatic N) is 1. The lowest BCUT2D eigenvalue weighted by Gasteiger charge is -2.33. The molecule has 0 bridgehead atoms. The van der Waals surface area contributed by atoms with Crippen molar-refractivity contribution < 1.29 is 14.3 Å². The Kier molecular flexibility index (Phi) is 6.57. The fourth-order valence-electron chi connectivity index (χ4n) is 2.94. The summed E-state index contributed by atoms with van der Waals surface area (Å²) < 4.78 is 10.7. The summed E-state index contributed by atoms with van der Waals surface area (Å²) in [6.07, 6.45) is 0. The van der Waals surface area contributed by atoms with Crippen molar-refractivity contribution in [3.8, 4) is 0 Å². The lowest BCUT2D eigenvalue weighted by Crippen LogP contribution is -2.50. The monoisotopic (exact) mass is 320 g/mol. The number of amides is 1. The van der Waals surface area contributed by atoms with Crippen LogP contribution >= 0.6 is 0 Å². The molecule has 0 aromatic heterocycles. The summed E-state index contributed by atoms with van der Waals surface area (Å²) in [5.41, 5.74) is 0.528. The summed E-state index contributed by atoms with van der Waals surface area (Å²) in [6, 6.07) is 9.97. The molecule has 2 atom stereocenters. The molecule has 1 aromatic carbocycles. The number of morpholine rings is 1. The number of nitrogens with one attached hydrogen (secondary N) is 1. The Labute approximate surface area is 139 Å². The van der Waals surface area contributed by atoms with E-state index in [0.29, 0.717) is 6.61 Å². The van der Waals surface area contributed by atoms with Crippen molar-refractivity contribution in [1.29, 1.82) is 0 Å². The van der Waals surface area contributed by atoms with E-state index in [1.807, 2.05) is 44.2 Å². The number of benzene rings is 1. The van der Waals surface area contributed by atoms with Crippen LogP contribution in [0.3, 0.4) is 0 Å². The van der Waals surface area contributed by atoms with Crippen LogP contribution in [0.25, 0.3) is 0 Å². The van der Waals surface area contributed by atoms with Gasteiger partial charge in [-0.15, -0.1) is 0 Å². The fraction of sp³-hybridized carbons (Fsp3) is 0.611. The van der Waals surface area contributed by atoms with Crippen molar-refractivity contribution in [2.75, 3.05) is 46.6 Å². The highest BCUT2D eigenvalue weighted by Crippen LogP contribution is 2.21. The summed E-state index contributed by atoms with van der Waals surface area (Å²) in [4.78, 5) is 14.9. The van der Waals surface area contributed by atoms with Gasteiger partial charge in [0.2, 0.25) is 5.91 Å². The summed E-state index contributed by atoms with van der Waals surface area (Å²) in [7, 11) is 1.66. The van der Waals surface area contributed by atoms with Crippen LogP contribution < -0.4 is 5.32 Å². The van der Waals surface area contributed by atoms with Gasteiger partial charge in [0.1, 0.15) is 0 Å². The average Bonchev–Trinajstić information content (AvgIpc) is 2.56. The second kappa shape index (κ2) is 8.43.